The highest BCUT2D eigenvalue weighted by Gasteiger charge is 2.21. The van der Waals surface area contributed by atoms with Crippen LogP contribution in [-0.4, -0.2) is 26.3 Å². The van der Waals surface area contributed by atoms with E-state index in [4.69, 9.17) is 0 Å². The van der Waals surface area contributed by atoms with Gasteiger partial charge in [-0.1, -0.05) is 6.42 Å². The SMILES string of the molecule is Cn1ccnc1CCC(=O)C1CCCCS1. The first-order chi connectivity index (χ1) is 7.77. The Morgan fingerprint density at radius 3 is 3.12 bits per heavy atom. The van der Waals surface area contributed by atoms with Crippen LogP contribution >= 0.6 is 11.8 Å². The number of ketones is 1. The third-order valence-electron chi connectivity index (χ3n) is 3.05. The van der Waals surface area contributed by atoms with Gasteiger partial charge < -0.3 is 4.57 Å². The Morgan fingerprint density at radius 2 is 2.50 bits per heavy atom. The predicted molar refractivity (Wildman–Crippen MR) is 66.6 cm³/mol. The van der Waals surface area contributed by atoms with E-state index in [2.05, 4.69) is 4.98 Å². The van der Waals surface area contributed by atoms with Crippen molar-refractivity contribution < 1.29 is 4.79 Å². The highest BCUT2D eigenvalue weighted by molar-refractivity contribution is 8.00. The van der Waals surface area contributed by atoms with Crippen molar-refractivity contribution in [2.75, 3.05) is 5.75 Å². The van der Waals surface area contributed by atoms with Crippen LogP contribution in [0.2, 0.25) is 0 Å². The molecule has 0 aromatic carbocycles. The Labute approximate surface area is 101 Å². The van der Waals surface area contributed by atoms with E-state index in [1.807, 2.05) is 29.6 Å². The Bertz CT molecular complexity index is 356. The average molecular weight is 238 g/mol. The normalized spacial score (nSPS) is 20.9. The molecule has 0 bridgehead atoms. The Balaban J connectivity index is 1.81. The minimum atomic E-state index is 0.258. The van der Waals surface area contributed by atoms with E-state index < -0.39 is 0 Å². The van der Waals surface area contributed by atoms with E-state index in [-0.39, 0.29) is 5.25 Å². The second kappa shape index (κ2) is 5.53. The van der Waals surface area contributed by atoms with E-state index in [1.54, 1.807) is 6.20 Å². The quantitative estimate of drug-likeness (QED) is 0.806. The molecule has 1 fully saturated rings. The van der Waals surface area contributed by atoms with Crippen LogP contribution in [0.3, 0.4) is 0 Å². The van der Waals surface area contributed by atoms with Crippen LogP contribution < -0.4 is 0 Å². The molecule has 1 aromatic heterocycles. The number of carbonyl (C=O) groups excluding carboxylic acids is 1. The summed E-state index contributed by atoms with van der Waals surface area (Å²) >= 11 is 1.84. The Hall–Kier alpha value is -0.770. The number of nitrogens with zero attached hydrogens (tertiary/aromatic N) is 2. The summed E-state index contributed by atoms with van der Waals surface area (Å²) in [4.78, 5) is 16.2. The second-order valence-electron chi connectivity index (χ2n) is 4.28. The molecule has 1 aliphatic heterocycles. The number of hydrogen-bond donors (Lipinski definition) is 0. The fourth-order valence-electron chi connectivity index (χ4n) is 2.03. The average Bonchev–Trinajstić information content (AvgIpc) is 2.73. The van der Waals surface area contributed by atoms with Crippen molar-refractivity contribution in [1.29, 1.82) is 0 Å². The van der Waals surface area contributed by atoms with Crippen LogP contribution in [0.5, 0.6) is 0 Å². The lowest BCUT2D eigenvalue weighted by Crippen LogP contribution is -2.21. The maximum Gasteiger partial charge on any atom is 0.146 e. The van der Waals surface area contributed by atoms with Gasteiger partial charge in [-0.05, 0) is 18.6 Å². The third kappa shape index (κ3) is 2.88. The molecule has 3 nitrogen and oxygen atoms in total. The van der Waals surface area contributed by atoms with Gasteiger partial charge in [-0.15, -0.1) is 0 Å². The summed E-state index contributed by atoms with van der Waals surface area (Å²) in [6.45, 7) is 0. The smallest absolute Gasteiger partial charge is 0.146 e. The molecule has 2 heterocycles. The van der Waals surface area contributed by atoms with Crippen molar-refractivity contribution >= 4 is 17.5 Å². The topological polar surface area (TPSA) is 34.9 Å². The van der Waals surface area contributed by atoms with E-state index in [1.165, 1.54) is 12.8 Å². The highest BCUT2D eigenvalue weighted by Crippen LogP contribution is 2.26. The van der Waals surface area contributed by atoms with E-state index >= 15 is 0 Å². The van der Waals surface area contributed by atoms with Gasteiger partial charge in [0.15, 0.2) is 0 Å². The molecule has 1 aromatic rings. The van der Waals surface area contributed by atoms with Crippen LogP contribution in [-0.2, 0) is 18.3 Å². The van der Waals surface area contributed by atoms with E-state index in [0.717, 1.165) is 24.4 Å². The largest absolute Gasteiger partial charge is 0.338 e. The maximum absolute atomic E-state index is 11.9. The lowest BCUT2D eigenvalue weighted by atomic mass is 10.1. The van der Waals surface area contributed by atoms with Crippen LogP contribution in [0.1, 0.15) is 31.5 Å². The molecule has 1 saturated heterocycles. The lowest BCUT2D eigenvalue weighted by molar-refractivity contribution is -0.118. The van der Waals surface area contributed by atoms with Crippen LogP contribution in [0.15, 0.2) is 12.4 Å². The highest BCUT2D eigenvalue weighted by atomic mass is 32.2. The van der Waals surface area contributed by atoms with Gasteiger partial charge in [-0.3, -0.25) is 4.79 Å². The predicted octanol–water partition coefficient (Wildman–Crippen LogP) is 2.21. The molecule has 16 heavy (non-hydrogen) atoms. The molecular formula is C12H18N2OS. The zero-order chi connectivity index (χ0) is 11.4. The molecule has 1 unspecified atom stereocenters. The molecule has 0 radical (unpaired) electrons. The summed E-state index contributed by atoms with van der Waals surface area (Å²) in [6.07, 6.45) is 8.69. The minimum Gasteiger partial charge on any atom is -0.338 e. The first-order valence-corrected chi connectivity index (χ1v) is 6.93. The summed E-state index contributed by atoms with van der Waals surface area (Å²) in [5, 5.41) is 0.258. The minimum absolute atomic E-state index is 0.258. The fraction of sp³-hybridized carbons (Fsp3) is 0.667. The number of aromatic nitrogens is 2. The van der Waals surface area contributed by atoms with Gasteiger partial charge in [0.2, 0.25) is 0 Å². The molecule has 2 rings (SSSR count). The first-order valence-electron chi connectivity index (χ1n) is 5.88. The number of thioether (sulfide) groups is 1. The first kappa shape index (κ1) is 11.7. The van der Waals surface area contributed by atoms with Crippen molar-refractivity contribution in [2.45, 2.75) is 37.4 Å². The molecule has 0 spiro atoms. The van der Waals surface area contributed by atoms with Gasteiger partial charge in [0.05, 0.1) is 5.25 Å². The Morgan fingerprint density at radius 1 is 1.62 bits per heavy atom. The van der Waals surface area contributed by atoms with Gasteiger partial charge in [-0.25, -0.2) is 4.98 Å². The van der Waals surface area contributed by atoms with Gasteiger partial charge in [0.25, 0.3) is 0 Å². The van der Waals surface area contributed by atoms with E-state index in [9.17, 15) is 4.79 Å². The van der Waals surface area contributed by atoms with Crippen molar-refractivity contribution in [2.24, 2.45) is 7.05 Å². The molecule has 0 N–H and O–H groups in total. The van der Waals surface area contributed by atoms with Crippen molar-refractivity contribution in [3.63, 3.8) is 0 Å². The number of Topliss-reactive ketones (excluding diaryl/α,β-unsaturated/α-hetero) is 1. The lowest BCUT2D eigenvalue weighted by Gasteiger charge is -2.19. The van der Waals surface area contributed by atoms with Crippen LogP contribution in [0, 0.1) is 0 Å². The van der Waals surface area contributed by atoms with Gasteiger partial charge >= 0.3 is 0 Å². The summed E-state index contributed by atoms with van der Waals surface area (Å²) in [5.74, 6) is 2.57. The summed E-state index contributed by atoms with van der Waals surface area (Å²) in [7, 11) is 1.97. The molecule has 0 aliphatic carbocycles. The van der Waals surface area contributed by atoms with Crippen molar-refractivity contribution in [1.82, 2.24) is 9.55 Å². The van der Waals surface area contributed by atoms with Gasteiger partial charge in [0, 0.05) is 32.3 Å². The van der Waals surface area contributed by atoms with Gasteiger partial charge in [-0.2, -0.15) is 11.8 Å². The molecule has 1 atom stereocenters. The maximum atomic E-state index is 11.9. The number of hydrogen-bond acceptors (Lipinski definition) is 3. The standard InChI is InChI=1S/C12H18N2OS/c1-14-8-7-13-12(14)6-5-10(15)11-4-2-3-9-16-11/h7-8,11H,2-6,9H2,1H3. The number of imidazole rings is 1. The van der Waals surface area contributed by atoms with Crippen LogP contribution in [0.4, 0.5) is 0 Å². The van der Waals surface area contributed by atoms with Crippen LogP contribution in [0.25, 0.3) is 0 Å². The number of rotatable bonds is 4. The van der Waals surface area contributed by atoms with Crippen molar-refractivity contribution in [3.05, 3.63) is 18.2 Å². The molecule has 88 valence electrons. The summed E-state index contributed by atoms with van der Waals surface area (Å²) in [5.41, 5.74) is 0. The van der Waals surface area contributed by atoms with Gasteiger partial charge in [0.1, 0.15) is 11.6 Å². The number of aryl methyl sites for hydroxylation is 2. The zero-order valence-electron chi connectivity index (χ0n) is 9.69. The Kier molecular flexibility index (Phi) is 4.04. The van der Waals surface area contributed by atoms with E-state index in [0.29, 0.717) is 12.2 Å². The molecule has 4 heteroatoms. The fourth-order valence-corrected chi connectivity index (χ4v) is 3.32. The third-order valence-corrected chi connectivity index (χ3v) is 4.48. The van der Waals surface area contributed by atoms with Crippen molar-refractivity contribution in [3.8, 4) is 0 Å². The summed E-state index contributed by atoms with van der Waals surface area (Å²) < 4.78 is 1.99. The molecule has 0 amide bonds. The summed E-state index contributed by atoms with van der Waals surface area (Å²) in [6, 6.07) is 0. The molecule has 0 saturated carbocycles. The second-order valence-corrected chi connectivity index (χ2v) is 5.59. The zero-order valence-corrected chi connectivity index (χ0v) is 10.5. The monoisotopic (exact) mass is 238 g/mol. The molecule has 1 aliphatic rings. The molecular weight excluding hydrogens is 220 g/mol. The number of carbonyl (C=O) groups is 1.